The number of nitrogens with one attached hydrogen (secondary N) is 2. The molecule has 0 aliphatic heterocycles. The van der Waals surface area contributed by atoms with Crippen LogP contribution in [-0.2, 0) is 4.74 Å². The van der Waals surface area contributed by atoms with E-state index >= 15 is 0 Å². The van der Waals surface area contributed by atoms with Gasteiger partial charge in [-0.05, 0) is 70.0 Å². The molecule has 1 heterocycles. The average molecular weight is 314 g/mol. The predicted molar refractivity (Wildman–Crippen MR) is 91.1 cm³/mol. The average Bonchev–Trinajstić information content (AvgIpc) is 2.37. The maximum Gasteiger partial charge on any atom is 0.413 e. The first-order valence-corrected chi connectivity index (χ1v) is 7.40. The van der Waals surface area contributed by atoms with E-state index in [0.717, 1.165) is 5.69 Å². The number of hydrogen-bond donors (Lipinski definition) is 2. The number of carbonyl (C=O) groups excluding carboxylic acids is 1. The van der Waals surface area contributed by atoms with E-state index in [1.54, 1.807) is 32.9 Å². The monoisotopic (exact) mass is 314 g/mol. The summed E-state index contributed by atoms with van der Waals surface area (Å²) in [6.07, 6.45) is -0.554. The molecule has 0 saturated carbocycles. The van der Waals surface area contributed by atoms with E-state index in [0.29, 0.717) is 11.6 Å². The highest BCUT2D eigenvalue weighted by Gasteiger charge is 2.16. The Kier molecular flexibility index (Phi) is 4.83. The summed E-state index contributed by atoms with van der Waals surface area (Å²) in [6.45, 7) is 9.48. The number of amides is 1. The summed E-state index contributed by atoms with van der Waals surface area (Å²) in [6, 6.07) is 9.58. The van der Waals surface area contributed by atoms with E-state index in [4.69, 9.17) is 4.74 Å². The minimum absolute atomic E-state index is 0.338. The molecule has 1 aromatic heterocycles. The number of benzene rings is 1. The molecule has 1 amide bonds. The van der Waals surface area contributed by atoms with E-state index in [1.807, 2.05) is 26.0 Å². The first kappa shape index (κ1) is 16.7. The summed E-state index contributed by atoms with van der Waals surface area (Å²) < 4.78 is 5.16. The molecule has 0 bridgehead atoms. The zero-order valence-corrected chi connectivity index (χ0v) is 14.1. The Morgan fingerprint density at radius 1 is 1.00 bits per heavy atom. The van der Waals surface area contributed by atoms with Gasteiger partial charge in [0.25, 0.3) is 0 Å². The molecule has 0 saturated heterocycles. The molecule has 23 heavy (non-hydrogen) atoms. The van der Waals surface area contributed by atoms with E-state index in [9.17, 15) is 4.79 Å². The van der Waals surface area contributed by atoms with Crippen LogP contribution in [0.15, 0.2) is 30.3 Å². The first-order valence-electron chi connectivity index (χ1n) is 7.40. The van der Waals surface area contributed by atoms with Gasteiger partial charge in [0.1, 0.15) is 5.60 Å². The SMILES string of the molecule is Cc1cc(C)cc(Nc2ccc(NC(=O)OC(C)(C)C)nn2)c1. The number of rotatable bonds is 3. The molecule has 0 aliphatic rings. The summed E-state index contributed by atoms with van der Waals surface area (Å²) in [5.74, 6) is 0.940. The molecule has 0 fully saturated rings. The fourth-order valence-electron chi connectivity index (χ4n) is 2.07. The molecular weight excluding hydrogens is 292 g/mol. The van der Waals surface area contributed by atoms with Crippen LogP contribution in [0.3, 0.4) is 0 Å². The third-order valence-corrected chi connectivity index (χ3v) is 2.79. The van der Waals surface area contributed by atoms with Crippen molar-refractivity contribution in [1.29, 1.82) is 0 Å². The molecule has 122 valence electrons. The molecule has 2 aromatic rings. The summed E-state index contributed by atoms with van der Waals surface area (Å²) in [4.78, 5) is 11.7. The third kappa shape index (κ3) is 5.58. The Morgan fingerprint density at radius 2 is 1.57 bits per heavy atom. The van der Waals surface area contributed by atoms with Gasteiger partial charge in [0.15, 0.2) is 11.6 Å². The van der Waals surface area contributed by atoms with Crippen molar-refractivity contribution in [3.8, 4) is 0 Å². The van der Waals surface area contributed by atoms with Gasteiger partial charge in [0.2, 0.25) is 0 Å². The highest BCUT2D eigenvalue weighted by Crippen LogP contribution is 2.18. The van der Waals surface area contributed by atoms with Gasteiger partial charge in [0.05, 0.1) is 0 Å². The van der Waals surface area contributed by atoms with Gasteiger partial charge in [-0.15, -0.1) is 10.2 Å². The number of aromatic nitrogens is 2. The van der Waals surface area contributed by atoms with Crippen molar-refractivity contribution >= 4 is 23.4 Å². The minimum Gasteiger partial charge on any atom is -0.444 e. The molecule has 6 heteroatoms. The fourth-order valence-corrected chi connectivity index (χ4v) is 2.07. The lowest BCUT2D eigenvalue weighted by molar-refractivity contribution is 0.0635. The first-order chi connectivity index (χ1) is 10.7. The lowest BCUT2D eigenvalue weighted by Crippen LogP contribution is -2.27. The number of ether oxygens (including phenoxy) is 1. The normalized spacial score (nSPS) is 11.0. The van der Waals surface area contributed by atoms with E-state index < -0.39 is 11.7 Å². The molecular formula is C17H22N4O2. The van der Waals surface area contributed by atoms with Gasteiger partial charge >= 0.3 is 6.09 Å². The summed E-state index contributed by atoms with van der Waals surface area (Å²) in [5, 5.41) is 13.7. The van der Waals surface area contributed by atoms with Crippen molar-refractivity contribution in [2.24, 2.45) is 0 Å². The fraction of sp³-hybridized carbons (Fsp3) is 0.353. The second kappa shape index (κ2) is 6.64. The van der Waals surface area contributed by atoms with Gasteiger partial charge in [-0.25, -0.2) is 4.79 Å². The van der Waals surface area contributed by atoms with E-state index in [-0.39, 0.29) is 0 Å². The number of anilines is 3. The van der Waals surface area contributed by atoms with Crippen LogP contribution in [0, 0.1) is 13.8 Å². The Balaban J connectivity index is 2.00. The Morgan fingerprint density at radius 3 is 2.09 bits per heavy atom. The number of aryl methyl sites for hydroxylation is 2. The van der Waals surface area contributed by atoms with Gasteiger partial charge in [-0.1, -0.05) is 6.07 Å². The largest absolute Gasteiger partial charge is 0.444 e. The van der Waals surface area contributed by atoms with Crippen LogP contribution in [0.25, 0.3) is 0 Å². The van der Waals surface area contributed by atoms with Crippen LogP contribution in [0.2, 0.25) is 0 Å². The van der Waals surface area contributed by atoms with E-state index in [1.165, 1.54) is 11.1 Å². The maximum atomic E-state index is 11.7. The maximum absolute atomic E-state index is 11.7. The molecule has 0 spiro atoms. The van der Waals surface area contributed by atoms with Crippen LogP contribution in [-0.4, -0.2) is 21.9 Å². The zero-order chi connectivity index (χ0) is 17.0. The van der Waals surface area contributed by atoms with Crippen LogP contribution in [0.5, 0.6) is 0 Å². The lowest BCUT2D eigenvalue weighted by Gasteiger charge is -2.19. The number of carbonyl (C=O) groups is 1. The Hall–Kier alpha value is -2.63. The minimum atomic E-state index is -0.554. The summed E-state index contributed by atoms with van der Waals surface area (Å²) in [7, 11) is 0. The molecule has 0 atom stereocenters. The predicted octanol–water partition coefficient (Wildman–Crippen LogP) is 4.18. The number of hydrogen-bond acceptors (Lipinski definition) is 5. The van der Waals surface area contributed by atoms with Gasteiger partial charge < -0.3 is 10.1 Å². The highest BCUT2D eigenvalue weighted by atomic mass is 16.6. The summed E-state index contributed by atoms with van der Waals surface area (Å²) >= 11 is 0. The summed E-state index contributed by atoms with van der Waals surface area (Å²) in [5.41, 5.74) is 2.74. The third-order valence-electron chi connectivity index (χ3n) is 2.79. The Bertz CT molecular complexity index is 670. The van der Waals surface area contributed by atoms with Crippen molar-refractivity contribution < 1.29 is 9.53 Å². The lowest BCUT2D eigenvalue weighted by atomic mass is 10.1. The smallest absolute Gasteiger partial charge is 0.413 e. The molecule has 0 radical (unpaired) electrons. The van der Waals surface area contributed by atoms with Crippen LogP contribution in [0.1, 0.15) is 31.9 Å². The molecule has 6 nitrogen and oxygen atoms in total. The van der Waals surface area contributed by atoms with Gasteiger partial charge in [0, 0.05) is 5.69 Å². The van der Waals surface area contributed by atoms with Crippen molar-refractivity contribution in [2.45, 2.75) is 40.2 Å². The van der Waals surface area contributed by atoms with Crippen molar-refractivity contribution in [1.82, 2.24) is 10.2 Å². The Labute approximate surface area is 136 Å². The molecule has 2 rings (SSSR count). The molecule has 0 unspecified atom stereocenters. The van der Waals surface area contributed by atoms with Gasteiger partial charge in [-0.2, -0.15) is 0 Å². The standard InChI is InChI=1S/C17H22N4O2/c1-11-8-12(2)10-13(9-11)18-14-6-7-15(21-20-14)19-16(22)23-17(3,4)5/h6-10H,1-5H3,(H,18,20)(H,19,21,22). The second-order valence-electron chi connectivity index (χ2n) is 6.43. The van der Waals surface area contributed by atoms with Crippen LogP contribution < -0.4 is 10.6 Å². The van der Waals surface area contributed by atoms with Crippen molar-refractivity contribution in [2.75, 3.05) is 10.6 Å². The molecule has 0 aliphatic carbocycles. The second-order valence-corrected chi connectivity index (χ2v) is 6.43. The zero-order valence-electron chi connectivity index (χ0n) is 14.1. The quantitative estimate of drug-likeness (QED) is 0.888. The molecule has 1 aromatic carbocycles. The van der Waals surface area contributed by atoms with Gasteiger partial charge in [-0.3, -0.25) is 5.32 Å². The van der Waals surface area contributed by atoms with Crippen LogP contribution >= 0.6 is 0 Å². The number of nitrogens with zero attached hydrogens (tertiary/aromatic N) is 2. The van der Waals surface area contributed by atoms with Crippen molar-refractivity contribution in [3.05, 3.63) is 41.5 Å². The topological polar surface area (TPSA) is 76.1 Å². The van der Waals surface area contributed by atoms with Crippen LogP contribution in [0.4, 0.5) is 22.1 Å². The highest BCUT2D eigenvalue weighted by molar-refractivity contribution is 5.83. The van der Waals surface area contributed by atoms with Crippen molar-refractivity contribution in [3.63, 3.8) is 0 Å². The molecule has 2 N–H and O–H groups in total. The van der Waals surface area contributed by atoms with E-state index in [2.05, 4.69) is 26.9 Å².